The van der Waals surface area contributed by atoms with Crippen LogP contribution in [0.25, 0.3) is 0 Å². The van der Waals surface area contributed by atoms with Gasteiger partial charge in [-0.25, -0.2) is 0 Å². The molecule has 0 bridgehead atoms. The van der Waals surface area contributed by atoms with E-state index in [-0.39, 0.29) is 12.2 Å². The van der Waals surface area contributed by atoms with Crippen LogP contribution in [0.1, 0.15) is 66.2 Å². The minimum absolute atomic E-state index is 0.0656. The van der Waals surface area contributed by atoms with E-state index in [0.717, 1.165) is 38.5 Å². The molecule has 0 aromatic carbocycles. The van der Waals surface area contributed by atoms with E-state index in [1.165, 1.54) is 0 Å². The molecule has 1 aliphatic heterocycles. The predicted molar refractivity (Wildman–Crippen MR) is 71.7 cm³/mol. The number of rotatable bonds is 7. The summed E-state index contributed by atoms with van der Waals surface area (Å²) in [4.78, 5) is 14.5. The Bertz CT molecular complexity index is 242. The molecule has 17 heavy (non-hydrogen) atoms. The molecule has 1 rings (SSSR count). The Morgan fingerprint density at radius 3 is 2.41 bits per heavy atom. The number of nitrogens with zero attached hydrogens (tertiary/aromatic N) is 1. The second kappa shape index (κ2) is 7.00. The number of carbonyl (C=O) groups excluding carboxylic acids is 1. The largest absolute Gasteiger partial charge is 0.323 e. The van der Waals surface area contributed by atoms with E-state index in [2.05, 4.69) is 37.9 Å². The molecule has 3 atom stereocenters. The van der Waals surface area contributed by atoms with Crippen LogP contribution in [0.5, 0.6) is 0 Å². The number of amides is 1. The van der Waals surface area contributed by atoms with Crippen molar-refractivity contribution in [1.29, 1.82) is 0 Å². The maximum Gasteiger partial charge on any atom is 0.241 e. The van der Waals surface area contributed by atoms with Gasteiger partial charge in [-0.2, -0.15) is 0 Å². The molecule has 1 saturated heterocycles. The van der Waals surface area contributed by atoms with Gasteiger partial charge in [0.25, 0.3) is 0 Å². The van der Waals surface area contributed by atoms with Crippen LogP contribution in [-0.2, 0) is 4.79 Å². The molecule has 3 unspecified atom stereocenters. The van der Waals surface area contributed by atoms with Crippen LogP contribution in [0.4, 0.5) is 0 Å². The highest BCUT2D eigenvalue weighted by molar-refractivity contribution is 5.84. The fourth-order valence-electron chi connectivity index (χ4n) is 2.83. The van der Waals surface area contributed by atoms with E-state index in [0.29, 0.717) is 11.9 Å². The van der Waals surface area contributed by atoms with Crippen LogP contribution in [0.3, 0.4) is 0 Å². The zero-order valence-electron chi connectivity index (χ0n) is 11.8. The summed E-state index contributed by atoms with van der Waals surface area (Å²) in [5.74, 6) is 0.332. The Kier molecular flexibility index (Phi) is 5.96. The van der Waals surface area contributed by atoms with Gasteiger partial charge in [0.2, 0.25) is 5.91 Å². The summed E-state index contributed by atoms with van der Waals surface area (Å²) in [5.41, 5.74) is 0. The molecule has 3 heteroatoms. The van der Waals surface area contributed by atoms with Gasteiger partial charge in [-0.1, -0.05) is 40.5 Å². The maximum atomic E-state index is 12.4. The molecule has 1 fully saturated rings. The minimum Gasteiger partial charge on any atom is -0.323 e. The summed E-state index contributed by atoms with van der Waals surface area (Å²) in [5, 5.41) is 3.49. The highest BCUT2D eigenvalue weighted by atomic mass is 16.2. The van der Waals surface area contributed by atoms with Gasteiger partial charge in [-0.15, -0.1) is 0 Å². The van der Waals surface area contributed by atoms with E-state index in [1.807, 2.05) is 0 Å². The van der Waals surface area contributed by atoms with Crippen LogP contribution in [0, 0.1) is 0 Å². The van der Waals surface area contributed by atoms with E-state index in [1.54, 1.807) is 0 Å². The number of hydrogen-bond donors (Lipinski definition) is 1. The van der Waals surface area contributed by atoms with Gasteiger partial charge in [-0.3, -0.25) is 10.1 Å². The summed E-state index contributed by atoms with van der Waals surface area (Å²) < 4.78 is 0. The van der Waals surface area contributed by atoms with E-state index < -0.39 is 0 Å². The normalized spacial score (nSPS) is 26.6. The van der Waals surface area contributed by atoms with Gasteiger partial charge in [0.15, 0.2) is 0 Å². The van der Waals surface area contributed by atoms with E-state index in [9.17, 15) is 4.79 Å². The third-order valence-corrected chi connectivity index (χ3v) is 3.73. The van der Waals surface area contributed by atoms with Crippen molar-refractivity contribution in [3.63, 3.8) is 0 Å². The molecule has 3 nitrogen and oxygen atoms in total. The molecule has 0 radical (unpaired) electrons. The summed E-state index contributed by atoms with van der Waals surface area (Å²) in [7, 11) is 0. The molecule has 0 aliphatic carbocycles. The minimum atomic E-state index is 0.0656. The van der Waals surface area contributed by atoms with Crippen molar-refractivity contribution in [2.45, 2.75) is 84.5 Å². The van der Waals surface area contributed by atoms with Crippen LogP contribution in [-0.4, -0.2) is 29.1 Å². The quantitative estimate of drug-likeness (QED) is 0.742. The summed E-state index contributed by atoms with van der Waals surface area (Å²) in [6.45, 7) is 8.68. The SMILES string of the molecule is CCCC1NC(CC)N(C(CC)CCC)C1=O. The molecular formula is C14H28N2O. The van der Waals surface area contributed by atoms with Crippen LogP contribution in [0.2, 0.25) is 0 Å². The van der Waals surface area contributed by atoms with Crippen LogP contribution < -0.4 is 5.32 Å². The maximum absolute atomic E-state index is 12.4. The molecule has 0 aromatic rings. The first-order valence-electron chi connectivity index (χ1n) is 7.27. The lowest BCUT2D eigenvalue weighted by molar-refractivity contribution is -0.132. The Hall–Kier alpha value is -0.570. The van der Waals surface area contributed by atoms with Crippen molar-refractivity contribution < 1.29 is 4.79 Å². The highest BCUT2D eigenvalue weighted by Crippen LogP contribution is 2.23. The van der Waals surface area contributed by atoms with E-state index in [4.69, 9.17) is 0 Å². The number of nitrogens with one attached hydrogen (secondary N) is 1. The van der Waals surface area contributed by atoms with Crippen LogP contribution in [0.15, 0.2) is 0 Å². The Balaban J connectivity index is 2.76. The lowest BCUT2D eigenvalue weighted by Crippen LogP contribution is -2.44. The first-order chi connectivity index (χ1) is 8.19. The molecule has 100 valence electrons. The molecule has 1 N–H and O–H groups in total. The van der Waals surface area contributed by atoms with Crippen molar-refractivity contribution in [2.75, 3.05) is 0 Å². The topological polar surface area (TPSA) is 32.3 Å². The van der Waals surface area contributed by atoms with Crippen molar-refractivity contribution in [2.24, 2.45) is 0 Å². The van der Waals surface area contributed by atoms with E-state index >= 15 is 0 Å². The van der Waals surface area contributed by atoms with Crippen molar-refractivity contribution in [3.8, 4) is 0 Å². The Morgan fingerprint density at radius 1 is 1.24 bits per heavy atom. The van der Waals surface area contributed by atoms with Crippen molar-refractivity contribution >= 4 is 5.91 Å². The molecule has 1 heterocycles. The molecule has 0 saturated carbocycles. The summed E-state index contributed by atoms with van der Waals surface area (Å²) in [6.07, 6.45) is 6.64. The lowest BCUT2D eigenvalue weighted by Gasteiger charge is -2.31. The first kappa shape index (κ1) is 14.5. The second-order valence-electron chi connectivity index (χ2n) is 5.03. The van der Waals surface area contributed by atoms with Gasteiger partial charge in [-0.05, 0) is 25.7 Å². The molecule has 1 amide bonds. The Labute approximate surface area is 106 Å². The average Bonchev–Trinajstić information content (AvgIpc) is 2.64. The third kappa shape index (κ3) is 3.21. The number of carbonyl (C=O) groups is 1. The molecule has 1 aliphatic rings. The number of hydrogen-bond acceptors (Lipinski definition) is 2. The Morgan fingerprint density at radius 2 is 1.94 bits per heavy atom. The standard InChI is InChI=1S/C14H28N2O/c1-5-9-11(7-3)16-13(8-4)15-12(10-6-2)14(16)17/h11-13,15H,5-10H2,1-4H3. The smallest absolute Gasteiger partial charge is 0.241 e. The molecule has 0 spiro atoms. The monoisotopic (exact) mass is 240 g/mol. The fraction of sp³-hybridized carbons (Fsp3) is 0.929. The molecular weight excluding hydrogens is 212 g/mol. The van der Waals surface area contributed by atoms with Crippen LogP contribution >= 0.6 is 0 Å². The first-order valence-corrected chi connectivity index (χ1v) is 7.27. The average molecular weight is 240 g/mol. The van der Waals surface area contributed by atoms with Crippen molar-refractivity contribution in [1.82, 2.24) is 10.2 Å². The molecule has 0 aromatic heterocycles. The van der Waals surface area contributed by atoms with Gasteiger partial charge in [0, 0.05) is 6.04 Å². The zero-order chi connectivity index (χ0) is 12.8. The van der Waals surface area contributed by atoms with Gasteiger partial charge in [0.05, 0.1) is 12.2 Å². The fourth-order valence-corrected chi connectivity index (χ4v) is 2.83. The van der Waals surface area contributed by atoms with Gasteiger partial charge in [0.1, 0.15) is 0 Å². The van der Waals surface area contributed by atoms with Gasteiger partial charge >= 0.3 is 0 Å². The van der Waals surface area contributed by atoms with Gasteiger partial charge < -0.3 is 4.90 Å². The lowest BCUT2D eigenvalue weighted by atomic mass is 10.1. The van der Waals surface area contributed by atoms with Crippen molar-refractivity contribution in [3.05, 3.63) is 0 Å². The third-order valence-electron chi connectivity index (χ3n) is 3.73. The zero-order valence-corrected chi connectivity index (χ0v) is 11.8. The second-order valence-corrected chi connectivity index (χ2v) is 5.03. The summed E-state index contributed by atoms with van der Waals surface area (Å²) >= 11 is 0. The summed E-state index contributed by atoms with van der Waals surface area (Å²) in [6, 6.07) is 0.489. The predicted octanol–water partition coefficient (Wildman–Crippen LogP) is 2.90. The highest BCUT2D eigenvalue weighted by Gasteiger charge is 2.39.